The van der Waals surface area contributed by atoms with Crippen molar-refractivity contribution in [2.75, 3.05) is 11.4 Å². The molecule has 0 saturated heterocycles. The smallest absolute Gasteiger partial charge is 0.323 e. The summed E-state index contributed by atoms with van der Waals surface area (Å²) in [6.07, 6.45) is 0. The number of carbonyl (C=O) groups is 1. The Labute approximate surface area is 123 Å². The monoisotopic (exact) mass is 289 g/mol. The topological polar surface area (TPSA) is 40.5 Å². The van der Waals surface area contributed by atoms with Crippen LogP contribution in [0.3, 0.4) is 0 Å². The van der Waals surface area contributed by atoms with E-state index in [1.807, 2.05) is 46.7 Å². The Balaban J connectivity index is 2.40. The molecule has 1 heterocycles. The zero-order chi connectivity index (χ0) is 14.5. The standard InChI is InChI=1S/C16H19NO2S/c1-12(2)16(14-9-6-10-20-14)17(11-15(18)19)13-7-4-3-5-8-13/h3-10,12,16H,11H2,1-2H3,(H,18,19). The lowest BCUT2D eigenvalue weighted by Crippen LogP contribution is -2.36. The van der Waals surface area contributed by atoms with Crippen LogP contribution in [0.15, 0.2) is 47.8 Å². The molecule has 3 nitrogen and oxygen atoms in total. The Hall–Kier alpha value is -1.81. The minimum absolute atomic E-state index is 0.00472. The third-order valence-electron chi connectivity index (χ3n) is 3.20. The van der Waals surface area contributed by atoms with Gasteiger partial charge in [0.2, 0.25) is 0 Å². The summed E-state index contributed by atoms with van der Waals surface area (Å²) in [7, 11) is 0. The number of hydrogen-bond donors (Lipinski definition) is 1. The van der Waals surface area contributed by atoms with Crippen molar-refractivity contribution in [2.45, 2.75) is 19.9 Å². The van der Waals surface area contributed by atoms with Crippen LogP contribution in [0, 0.1) is 5.92 Å². The first kappa shape index (κ1) is 14.6. The maximum atomic E-state index is 11.2. The Kier molecular flexibility index (Phi) is 4.79. The number of aliphatic carboxylic acids is 1. The molecule has 0 spiro atoms. The van der Waals surface area contributed by atoms with Gasteiger partial charge in [-0.15, -0.1) is 11.3 Å². The first-order chi connectivity index (χ1) is 9.59. The van der Waals surface area contributed by atoms with Gasteiger partial charge in [-0.25, -0.2) is 0 Å². The highest BCUT2D eigenvalue weighted by Crippen LogP contribution is 2.35. The van der Waals surface area contributed by atoms with Gasteiger partial charge in [0.25, 0.3) is 0 Å². The molecule has 2 rings (SSSR count). The highest BCUT2D eigenvalue weighted by molar-refractivity contribution is 7.10. The normalized spacial score (nSPS) is 12.3. The molecule has 106 valence electrons. The fourth-order valence-corrected chi connectivity index (χ4v) is 3.43. The fraction of sp³-hybridized carbons (Fsp3) is 0.312. The van der Waals surface area contributed by atoms with Gasteiger partial charge in [0.1, 0.15) is 6.54 Å². The number of anilines is 1. The van der Waals surface area contributed by atoms with E-state index < -0.39 is 5.97 Å². The zero-order valence-corrected chi connectivity index (χ0v) is 12.5. The molecule has 0 aliphatic carbocycles. The average Bonchev–Trinajstić information content (AvgIpc) is 2.92. The van der Waals surface area contributed by atoms with E-state index in [2.05, 4.69) is 19.9 Å². The van der Waals surface area contributed by atoms with Crippen LogP contribution in [0.2, 0.25) is 0 Å². The van der Waals surface area contributed by atoms with Gasteiger partial charge < -0.3 is 10.0 Å². The zero-order valence-electron chi connectivity index (χ0n) is 11.7. The van der Waals surface area contributed by atoms with Crippen LogP contribution in [0.25, 0.3) is 0 Å². The van der Waals surface area contributed by atoms with Gasteiger partial charge in [-0.2, -0.15) is 0 Å². The summed E-state index contributed by atoms with van der Waals surface area (Å²) in [6.45, 7) is 4.26. The van der Waals surface area contributed by atoms with Crippen molar-refractivity contribution in [3.05, 3.63) is 52.7 Å². The largest absolute Gasteiger partial charge is 0.480 e. The molecule has 0 aliphatic heterocycles. The molecule has 2 aromatic rings. The van der Waals surface area contributed by atoms with Gasteiger partial charge in [0.05, 0.1) is 6.04 Å². The summed E-state index contributed by atoms with van der Waals surface area (Å²) in [4.78, 5) is 14.4. The first-order valence-electron chi connectivity index (χ1n) is 6.66. The summed E-state index contributed by atoms with van der Waals surface area (Å²) in [5.74, 6) is -0.482. The van der Waals surface area contributed by atoms with E-state index >= 15 is 0 Å². The van der Waals surface area contributed by atoms with Crippen LogP contribution in [-0.4, -0.2) is 17.6 Å². The molecule has 0 radical (unpaired) electrons. The highest BCUT2D eigenvalue weighted by Gasteiger charge is 2.26. The molecular weight excluding hydrogens is 270 g/mol. The molecule has 0 amide bonds. The summed E-state index contributed by atoms with van der Waals surface area (Å²) < 4.78 is 0. The van der Waals surface area contributed by atoms with E-state index in [0.29, 0.717) is 5.92 Å². The second kappa shape index (κ2) is 6.57. The van der Waals surface area contributed by atoms with Gasteiger partial charge in [-0.3, -0.25) is 4.79 Å². The van der Waals surface area contributed by atoms with Crippen molar-refractivity contribution < 1.29 is 9.90 Å². The lowest BCUT2D eigenvalue weighted by atomic mass is 10.00. The van der Waals surface area contributed by atoms with E-state index in [0.717, 1.165) is 5.69 Å². The number of thiophene rings is 1. The second-order valence-corrected chi connectivity index (χ2v) is 6.04. The third kappa shape index (κ3) is 3.39. The molecule has 20 heavy (non-hydrogen) atoms. The number of nitrogens with zero attached hydrogens (tertiary/aromatic N) is 1. The van der Waals surface area contributed by atoms with Gasteiger partial charge in [-0.05, 0) is 29.5 Å². The number of benzene rings is 1. The maximum absolute atomic E-state index is 11.2. The van der Waals surface area contributed by atoms with Crippen LogP contribution in [-0.2, 0) is 4.79 Å². The van der Waals surface area contributed by atoms with Gasteiger partial charge in [-0.1, -0.05) is 38.1 Å². The van der Waals surface area contributed by atoms with Crippen LogP contribution in [0.4, 0.5) is 5.69 Å². The second-order valence-electron chi connectivity index (χ2n) is 5.06. The van der Waals surface area contributed by atoms with Crippen molar-refractivity contribution in [2.24, 2.45) is 5.92 Å². The summed E-state index contributed by atoms with van der Waals surface area (Å²) in [5, 5.41) is 11.3. The Morgan fingerprint density at radius 3 is 2.40 bits per heavy atom. The van der Waals surface area contributed by atoms with Gasteiger partial charge in [0.15, 0.2) is 0 Å². The molecule has 0 bridgehead atoms. The van der Waals surface area contributed by atoms with Crippen LogP contribution in [0.1, 0.15) is 24.8 Å². The summed E-state index contributed by atoms with van der Waals surface area (Å²) in [5.41, 5.74) is 0.946. The fourth-order valence-electron chi connectivity index (χ4n) is 2.42. The van der Waals surface area contributed by atoms with Crippen LogP contribution < -0.4 is 4.90 Å². The lowest BCUT2D eigenvalue weighted by Gasteiger charge is -2.34. The highest BCUT2D eigenvalue weighted by atomic mass is 32.1. The molecule has 1 aromatic heterocycles. The molecule has 0 fully saturated rings. The third-order valence-corrected chi connectivity index (χ3v) is 4.14. The summed E-state index contributed by atoms with van der Waals surface area (Å²) >= 11 is 1.67. The maximum Gasteiger partial charge on any atom is 0.323 e. The number of para-hydroxylation sites is 1. The molecule has 4 heteroatoms. The average molecular weight is 289 g/mol. The number of rotatable bonds is 6. The Morgan fingerprint density at radius 2 is 1.90 bits per heavy atom. The number of carboxylic acid groups (broad SMARTS) is 1. The molecule has 1 aromatic carbocycles. The van der Waals surface area contributed by atoms with E-state index in [1.165, 1.54) is 4.88 Å². The number of carboxylic acids is 1. The van der Waals surface area contributed by atoms with Crippen molar-refractivity contribution in [1.82, 2.24) is 0 Å². The van der Waals surface area contributed by atoms with Crippen molar-refractivity contribution in [3.63, 3.8) is 0 Å². The first-order valence-corrected chi connectivity index (χ1v) is 7.54. The molecule has 1 unspecified atom stereocenters. The predicted molar refractivity (Wildman–Crippen MR) is 83.3 cm³/mol. The lowest BCUT2D eigenvalue weighted by molar-refractivity contribution is -0.135. The number of hydrogen-bond acceptors (Lipinski definition) is 3. The van der Waals surface area contributed by atoms with Gasteiger partial charge >= 0.3 is 5.97 Å². The van der Waals surface area contributed by atoms with Gasteiger partial charge in [0, 0.05) is 10.6 Å². The Bertz CT molecular complexity index is 537. The van der Waals surface area contributed by atoms with Crippen molar-refractivity contribution in [1.29, 1.82) is 0 Å². The molecular formula is C16H19NO2S. The van der Waals surface area contributed by atoms with Crippen LogP contribution in [0.5, 0.6) is 0 Å². The minimum Gasteiger partial charge on any atom is -0.480 e. The minimum atomic E-state index is -0.809. The molecule has 1 N–H and O–H groups in total. The van der Waals surface area contributed by atoms with Crippen molar-refractivity contribution in [3.8, 4) is 0 Å². The van der Waals surface area contributed by atoms with E-state index in [9.17, 15) is 9.90 Å². The molecule has 0 saturated carbocycles. The van der Waals surface area contributed by atoms with Crippen LogP contribution >= 0.6 is 11.3 Å². The quantitative estimate of drug-likeness (QED) is 0.872. The van der Waals surface area contributed by atoms with Crippen molar-refractivity contribution >= 4 is 23.0 Å². The van der Waals surface area contributed by atoms with E-state index in [1.54, 1.807) is 11.3 Å². The van der Waals surface area contributed by atoms with E-state index in [-0.39, 0.29) is 12.6 Å². The summed E-state index contributed by atoms with van der Waals surface area (Å²) in [6, 6.07) is 13.9. The molecule has 1 atom stereocenters. The SMILES string of the molecule is CC(C)C(c1cccs1)N(CC(=O)O)c1ccccc1. The molecule has 0 aliphatic rings. The Morgan fingerprint density at radius 1 is 1.20 bits per heavy atom. The predicted octanol–water partition coefficient (Wildman–Crippen LogP) is 4.04. The van der Waals surface area contributed by atoms with E-state index in [4.69, 9.17) is 0 Å².